The van der Waals surface area contributed by atoms with Crippen LogP contribution >= 0.6 is 16.3 Å². The van der Waals surface area contributed by atoms with Crippen molar-refractivity contribution in [3.63, 3.8) is 0 Å². The molecule has 58 valence electrons. The third-order valence-electron chi connectivity index (χ3n) is 1.82. The van der Waals surface area contributed by atoms with Crippen LogP contribution in [0, 0.1) is 0 Å². The maximum Gasteiger partial charge on any atom is 0.105 e. The van der Waals surface area contributed by atoms with E-state index in [0.29, 0.717) is 0 Å². The van der Waals surface area contributed by atoms with E-state index in [-0.39, 0.29) is 0 Å². The molecule has 0 saturated heterocycles. The average Bonchev–Trinajstić information content (AvgIpc) is 2.21. The molecule has 1 heterocycles. The molecule has 0 spiro atoms. The number of hydrogen-bond donors (Lipinski definition) is 0. The second kappa shape index (κ2) is 2.66. The highest BCUT2D eigenvalue weighted by molar-refractivity contribution is 8.20. The van der Waals surface area contributed by atoms with Crippen LogP contribution in [-0.2, 0) is 0 Å². The normalized spacial score (nSPS) is 24.2. The van der Waals surface area contributed by atoms with Crippen molar-refractivity contribution in [2.24, 2.45) is 0 Å². The van der Waals surface area contributed by atoms with Gasteiger partial charge in [0, 0.05) is 0 Å². The molecular formula is C8H12P2Si. The van der Waals surface area contributed by atoms with Gasteiger partial charge < -0.3 is 0 Å². The zero-order valence-electron chi connectivity index (χ0n) is 6.81. The van der Waals surface area contributed by atoms with Crippen molar-refractivity contribution in [3.05, 3.63) is 24.3 Å². The van der Waals surface area contributed by atoms with Gasteiger partial charge in [0.2, 0.25) is 0 Å². The Balaban J connectivity index is 2.41. The molecule has 0 bridgehead atoms. The minimum atomic E-state index is -0.789. The smallest absolute Gasteiger partial charge is 0.0968 e. The fourth-order valence-corrected chi connectivity index (χ4v) is 13.3. The van der Waals surface area contributed by atoms with Gasteiger partial charge in [-0.1, -0.05) is 53.6 Å². The molecule has 3 heteroatoms. The minimum Gasteiger partial charge on any atom is -0.0968 e. The number of hydrogen-bond acceptors (Lipinski definition) is 0. The standard InChI is InChI=1S/C8H12P2Si/c1-11(2)9-7-5-3-4-6-8(7)10-11/h3-6,9-10H,1-2H3. The highest BCUT2D eigenvalue weighted by Crippen LogP contribution is 2.45. The molecule has 2 rings (SSSR count). The Morgan fingerprint density at radius 3 is 1.91 bits per heavy atom. The Morgan fingerprint density at radius 1 is 1.00 bits per heavy atom. The molecule has 0 radical (unpaired) electrons. The lowest BCUT2D eigenvalue weighted by molar-refractivity contribution is 1.84. The van der Waals surface area contributed by atoms with E-state index in [0.717, 1.165) is 16.3 Å². The van der Waals surface area contributed by atoms with Gasteiger partial charge in [0.15, 0.2) is 0 Å². The molecule has 1 aliphatic heterocycles. The summed E-state index contributed by atoms with van der Waals surface area (Å²) >= 11 is 0. The van der Waals surface area contributed by atoms with Crippen molar-refractivity contribution >= 4 is 34.3 Å². The SMILES string of the molecule is C[Si]1(C)Pc2ccccc2P1. The van der Waals surface area contributed by atoms with Crippen LogP contribution in [0.5, 0.6) is 0 Å². The average molecular weight is 198 g/mol. The minimum absolute atomic E-state index is 0.789. The van der Waals surface area contributed by atoms with Gasteiger partial charge >= 0.3 is 0 Å². The Morgan fingerprint density at radius 2 is 1.45 bits per heavy atom. The van der Waals surface area contributed by atoms with Crippen molar-refractivity contribution < 1.29 is 0 Å². The summed E-state index contributed by atoms with van der Waals surface area (Å²) in [7, 11) is 1.53. The van der Waals surface area contributed by atoms with Gasteiger partial charge in [0.05, 0.1) is 0 Å². The second-order valence-corrected chi connectivity index (χ2v) is 18.7. The fourth-order valence-electron chi connectivity index (χ4n) is 1.41. The Kier molecular flexibility index (Phi) is 1.91. The van der Waals surface area contributed by atoms with Crippen LogP contribution in [0.3, 0.4) is 0 Å². The first-order valence-electron chi connectivity index (χ1n) is 3.83. The summed E-state index contributed by atoms with van der Waals surface area (Å²) in [5.74, 6) is 0. The van der Waals surface area contributed by atoms with Crippen LogP contribution in [-0.4, -0.2) is 7.41 Å². The zero-order valence-corrected chi connectivity index (χ0v) is 9.81. The molecular weight excluding hydrogens is 186 g/mol. The summed E-state index contributed by atoms with van der Waals surface area (Å²) in [4.78, 5) is 0. The second-order valence-electron chi connectivity index (χ2n) is 3.42. The number of benzene rings is 1. The first-order chi connectivity index (χ1) is 5.17. The first-order valence-corrected chi connectivity index (χ1v) is 10.8. The van der Waals surface area contributed by atoms with E-state index in [2.05, 4.69) is 37.4 Å². The Hall–Kier alpha value is 0.297. The van der Waals surface area contributed by atoms with E-state index in [4.69, 9.17) is 0 Å². The van der Waals surface area contributed by atoms with Crippen LogP contribution in [0.15, 0.2) is 24.3 Å². The summed E-state index contributed by atoms with van der Waals surface area (Å²) in [6, 6.07) is 8.96. The summed E-state index contributed by atoms with van der Waals surface area (Å²) in [5.41, 5.74) is 0. The van der Waals surface area contributed by atoms with Crippen molar-refractivity contribution in [3.8, 4) is 0 Å². The number of fused-ring (bicyclic) bond motifs is 1. The van der Waals surface area contributed by atoms with Gasteiger partial charge in [-0.05, 0) is 10.6 Å². The molecule has 0 fully saturated rings. The molecule has 1 aromatic carbocycles. The molecule has 0 N–H and O–H groups in total. The zero-order chi connectivity index (χ0) is 7.90. The quantitative estimate of drug-likeness (QED) is 0.442. The van der Waals surface area contributed by atoms with E-state index in [1.165, 1.54) is 0 Å². The van der Waals surface area contributed by atoms with Crippen LogP contribution in [0.25, 0.3) is 0 Å². The van der Waals surface area contributed by atoms with Crippen LogP contribution in [0.1, 0.15) is 0 Å². The van der Waals surface area contributed by atoms with E-state index in [1.807, 2.05) is 0 Å². The summed E-state index contributed by atoms with van der Waals surface area (Å²) in [6.07, 6.45) is 0. The molecule has 0 nitrogen and oxygen atoms in total. The third kappa shape index (κ3) is 1.56. The maximum absolute atomic E-state index is 2.50. The van der Waals surface area contributed by atoms with Gasteiger partial charge in [0.1, 0.15) is 7.41 Å². The van der Waals surface area contributed by atoms with Gasteiger partial charge in [-0.3, -0.25) is 0 Å². The van der Waals surface area contributed by atoms with Crippen molar-refractivity contribution in [1.82, 2.24) is 0 Å². The molecule has 0 saturated carbocycles. The van der Waals surface area contributed by atoms with Crippen molar-refractivity contribution in [2.75, 3.05) is 0 Å². The topological polar surface area (TPSA) is 0 Å². The lowest BCUT2D eigenvalue weighted by Gasteiger charge is -2.11. The summed E-state index contributed by atoms with van der Waals surface area (Å²) < 4.78 is 0. The van der Waals surface area contributed by atoms with Gasteiger partial charge in [-0.15, -0.1) is 0 Å². The summed E-state index contributed by atoms with van der Waals surface area (Å²) in [5, 5.41) is 3.31. The molecule has 0 aromatic heterocycles. The van der Waals surface area contributed by atoms with Gasteiger partial charge in [0.25, 0.3) is 0 Å². The first kappa shape index (κ1) is 7.92. The van der Waals surface area contributed by atoms with Crippen LogP contribution in [0.2, 0.25) is 13.1 Å². The predicted octanol–water partition coefficient (Wildman–Crippen LogP) is 2.01. The lowest BCUT2D eigenvalue weighted by atomic mass is 10.4. The molecule has 2 unspecified atom stereocenters. The van der Waals surface area contributed by atoms with Crippen LogP contribution in [0.4, 0.5) is 0 Å². The fraction of sp³-hybridized carbons (Fsp3) is 0.250. The molecule has 1 aromatic rings. The lowest BCUT2D eigenvalue weighted by Crippen LogP contribution is -2.08. The molecule has 2 atom stereocenters. The predicted molar refractivity (Wildman–Crippen MR) is 59.8 cm³/mol. The van der Waals surface area contributed by atoms with Gasteiger partial charge in [-0.25, -0.2) is 0 Å². The molecule has 0 aliphatic carbocycles. The monoisotopic (exact) mass is 198 g/mol. The Bertz CT molecular complexity index is 256. The molecule has 0 amide bonds. The molecule has 11 heavy (non-hydrogen) atoms. The van der Waals surface area contributed by atoms with Gasteiger partial charge in [-0.2, -0.15) is 0 Å². The Labute approximate surface area is 72.1 Å². The molecule has 1 aliphatic rings. The highest BCUT2D eigenvalue weighted by atomic mass is 31.6. The summed E-state index contributed by atoms with van der Waals surface area (Å²) in [6.45, 7) is 5.01. The number of rotatable bonds is 0. The largest absolute Gasteiger partial charge is 0.105 e. The maximum atomic E-state index is 2.50. The van der Waals surface area contributed by atoms with E-state index < -0.39 is 7.41 Å². The third-order valence-corrected chi connectivity index (χ3v) is 12.3. The van der Waals surface area contributed by atoms with Crippen molar-refractivity contribution in [2.45, 2.75) is 13.1 Å². The van der Waals surface area contributed by atoms with E-state index >= 15 is 0 Å². The van der Waals surface area contributed by atoms with E-state index in [1.54, 1.807) is 10.6 Å². The highest BCUT2D eigenvalue weighted by Gasteiger charge is 2.29. The van der Waals surface area contributed by atoms with E-state index in [9.17, 15) is 0 Å². The van der Waals surface area contributed by atoms with Crippen LogP contribution < -0.4 is 10.6 Å². The van der Waals surface area contributed by atoms with Crippen molar-refractivity contribution in [1.29, 1.82) is 0 Å².